The summed E-state index contributed by atoms with van der Waals surface area (Å²) < 4.78 is 23.9. The number of carbonyl (C=O) groups is 2. The van der Waals surface area contributed by atoms with Crippen LogP contribution in [0.3, 0.4) is 0 Å². The number of carboxylic acids is 1. The molecule has 16 heavy (non-hydrogen) atoms. The average Bonchev–Trinajstić information content (AvgIpc) is 2.17. The molecule has 0 aliphatic rings. The van der Waals surface area contributed by atoms with Gasteiger partial charge < -0.3 is 15.3 Å². The number of hydrogen-bond acceptors (Lipinski definition) is 5. The molecule has 1 aromatic carbocycles. The van der Waals surface area contributed by atoms with E-state index in [0.29, 0.717) is 0 Å². The Labute approximate surface area is 117 Å². The van der Waals surface area contributed by atoms with E-state index in [0.717, 1.165) is 6.07 Å². The number of aromatic carboxylic acids is 1. The smallest absolute Gasteiger partial charge is 1.00 e. The van der Waals surface area contributed by atoms with Gasteiger partial charge >= 0.3 is 41.5 Å². The molecule has 0 bridgehead atoms. The van der Waals surface area contributed by atoms with Crippen molar-refractivity contribution in [3.63, 3.8) is 0 Å². The van der Waals surface area contributed by atoms with Crippen molar-refractivity contribution < 1.29 is 58.6 Å². The van der Waals surface area contributed by atoms with E-state index < -0.39 is 23.3 Å². The van der Waals surface area contributed by atoms with Gasteiger partial charge in [0.2, 0.25) is 0 Å². The maximum Gasteiger partial charge on any atom is 1.00 e. The molecule has 0 radical (unpaired) electrons. The van der Waals surface area contributed by atoms with E-state index in [1.165, 1.54) is 18.2 Å². The topological polar surface area (TPSA) is 104 Å². The summed E-state index contributed by atoms with van der Waals surface area (Å²) in [5, 5.41) is 8.60. The summed E-state index contributed by atoms with van der Waals surface area (Å²) in [6, 6.07) is 4.86. The minimum absolute atomic E-state index is 0. The van der Waals surface area contributed by atoms with Crippen LogP contribution in [0, 0.1) is 0 Å². The Balaban J connectivity index is 0. The summed E-state index contributed by atoms with van der Waals surface area (Å²) in [5.41, 5.74) is -0.264. The minimum Gasteiger partial charge on any atom is -1.00 e. The number of benzene rings is 1. The van der Waals surface area contributed by atoms with Gasteiger partial charge in [0, 0.05) is 0 Å². The van der Waals surface area contributed by atoms with E-state index in [1.807, 2.05) is 0 Å². The van der Waals surface area contributed by atoms with E-state index in [2.05, 4.69) is 4.18 Å². The van der Waals surface area contributed by atoms with Crippen molar-refractivity contribution in [1.29, 1.82) is 0 Å². The molecule has 0 saturated heterocycles. The summed E-state index contributed by atoms with van der Waals surface area (Å²) in [6.45, 7) is 0. The molecule has 1 N–H and O–H groups in total. The van der Waals surface area contributed by atoms with E-state index in [9.17, 15) is 18.4 Å². The molecule has 0 amide bonds. The van der Waals surface area contributed by atoms with Crippen LogP contribution in [0.1, 0.15) is 22.1 Å². The summed E-state index contributed by atoms with van der Waals surface area (Å²) in [5.74, 6) is -2.33. The third kappa shape index (κ3) is 4.42. The van der Waals surface area contributed by atoms with Crippen LogP contribution in [-0.2, 0) is 15.5 Å². The third-order valence-electron chi connectivity index (χ3n) is 1.49. The van der Waals surface area contributed by atoms with Crippen molar-refractivity contribution in [2.24, 2.45) is 0 Å². The second-order valence-electron chi connectivity index (χ2n) is 2.46. The summed E-state index contributed by atoms with van der Waals surface area (Å²) >= 11 is -2.96. The van der Waals surface area contributed by atoms with Crippen LogP contribution in [0.25, 0.3) is 0 Å². The van der Waals surface area contributed by atoms with Gasteiger partial charge in [-0.1, -0.05) is 6.07 Å². The van der Waals surface area contributed by atoms with Crippen LogP contribution in [0.4, 0.5) is 0 Å². The molecular formula is C8H6NaO6S-. The largest absolute Gasteiger partial charge is 1.00 e. The van der Waals surface area contributed by atoms with Crippen LogP contribution in [-0.4, -0.2) is 25.8 Å². The number of carboxylic acid groups (broad SMARTS) is 1. The van der Waals surface area contributed by atoms with Crippen LogP contribution in [0.2, 0.25) is 0 Å². The first kappa shape index (κ1) is 15.3. The molecule has 1 rings (SSSR count). The first-order valence-corrected chi connectivity index (χ1v) is 4.66. The summed E-state index contributed by atoms with van der Waals surface area (Å²) in [4.78, 5) is 21.5. The fourth-order valence-corrected chi connectivity index (χ4v) is 1.11. The second kappa shape index (κ2) is 6.77. The van der Waals surface area contributed by atoms with E-state index in [4.69, 9.17) is 5.11 Å². The predicted octanol–water partition coefficient (Wildman–Crippen LogP) is -2.55. The predicted molar refractivity (Wildman–Crippen MR) is 48.8 cm³/mol. The summed E-state index contributed by atoms with van der Waals surface area (Å²) in [6.07, 6.45) is 0. The van der Waals surface area contributed by atoms with Crippen molar-refractivity contribution in [2.45, 2.75) is 0 Å². The number of carbonyl (C=O) groups excluding carboxylic acids is 1. The zero-order chi connectivity index (χ0) is 11.4. The molecule has 0 saturated carbocycles. The number of hydrogen-bond donors (Lipinski definition) is 1. The molecule has 0 spiro atoms. The van der Waals surface area contributed by atoms with Gasteiger partial charge in [-0.2, -0.15) is 0 Å². The Morgan fingerprint density at radius 3 is 2.44 bits per heavy atom. The molecule has 0 aromatic heterocycles. The Morgan fingerprint density at radius 1 is 1.38 bits per heavy atom. The molecule has 1 aromatic rings. The maximum atomic E-state index is 11.0. The minimum atomic E-state index is -2.96. The standard InChI is InChI=1S/C8H6O6S.Na.H/c9-7(10)5-2-1-3-6(4-5)8(11)14-15(12)13;;/h1-4H,(H,9,10)(H,12,13);;/q;+1;-1/p-1. The quantitative estimate of drug-likeness (QED) is 0.470. The van der Waals surface area contributed by atoms with Crippen molar-refractivity contribution in [1.82, 2.24) is 0 Å². The fourth-order valence-electron chi connectivity index (χ4n) is 0.889. The van der Waals surface area contributed by atoms with Crippen molar-refractivity contribution in [2.75, 3.05) is 0 Å². The van der Waals surface area contributed by atoms with Gasteiger partial charge in [-0.15, -0.1) is 0 Å². The molecule has 6 nitrogen and oxygen atoms in total. The molecular weight excluding hydrogens is 247 g/mol. The van der Waals surface area contributed by atoms with Crippen molar-refractivity contribution in [3.8, 4) is 0 Å². The Kier molecular flexibility index (Phi) is 6.46. The first-order valence-electron chi connectivity index (χ1n) is 3.66. The molecule has 0 aliphatic heterocycles. The first-order chi connectivity index (χ1) is 7.00. The van der Waals surface area contributed by atoms with E-state index in [-0.39, 0.29) is 42.1 Å². The second-order valence-corrected chi connectivity index (χ2v) is 3.04. The van der Waals surface area contributed by atoms with Gasteiger partial charge in [-0.05, 0) is 18.2 Å². The van der Waals surface area contributed by atoms with E-state index >= 15 is 0 Å². The van der Waals surface area contributed by atoms with Gasteiger partial charge in [0.05, 0.1) is 11.1 Å². The molecule has 1 atom stereocenters. The molecule has 0 aliphatic carbocycles. The van der Waals surface area contributed by atoms with Crippen molar-refractivity contribution >= 4 is 23.3 Å². The normalized spacial score (nSPS) is 11.1. The monoisotopic (exact) mass is 253 g/mol. The average molecular weight is 253 g/mol. The van der Waals surface area contributed by atoms with Gasteiger partial charge in [-0.3, -0.25) is 0 Å². The van der Waals surface area contributed by atoms with Crippen LogP contribution >= 0.6 is 0 Å². The van der Waals surface area contributed by atoms with Crippen LogP contribution < -0.4 is 29.6 Å². The fraction of sp³-hybridized carbons (Fsp3) is 0. The third-order valence-corrected chi connectivity index (χ3v) is 1.78. The van der Waals surface area contributed by atoms with Gasteiger partial charge in [-0.25, -0.2) is 13.8 Å². The zero-order valence-corrected chi connectivity index (χ0v) is 11.0. The maximum absolute atomic E-state index is 11.0. The zero-order valence-electron chi connectivity index (χ0n) is 9.21. The Bertz CT molecular complexity index is 438. The molecule has 82 valence electrons. The van der Waals surface area contributed by atoms with Gasteiger partial charge in [0.15, 0.2) is 0 Å². The number of rotatable bonds is 3. The molecule has 0 heterocycles. The Hall–Kier alpha value is -0.730. The van der Waals surface area contributed by atoms with E-state index in [1.54, 1.807) is 0 Å². The summed E-state index contributed by atoms with van der Waals surface area (Å²) in [7, 11) is 0. The van der Waals surface area contributed by atoms with Gasteiger partial charge in [0.1, 0.15) is 11.4 Å². The molecule has 1 unspecified atom stereocenters. The SMILES string of the molecule is O=C(O)c1cccc(C(=O)OS(=O)[O-])c1.[H-].[Na+]. The van der Waals surface area contributed by atoms with Crippen LogP contribution in [0.15, 0.2) is 24.3 Å². The van der Waals surface area contributed by atoms with Crippen LogP contribution in [0.5, 0.6) is 0 Å². The van der Waals surface area contributed by atoms with Crippen molar-refractivity contribution in [3.05, 3.63) is 35.4 Å². The van der Waals surface area contributed by atoms with Gasteiger partial charge in [0.25, 0.3) is 0 Å². The molecule has 8 heteroatoms. The molecule has 0 fully saturated rings. The Morgan fingerprint density at radius 2 is 1.94 bits per heavy atom.